The fourth-order valence-corrected chi connectivity index (χ4v) is 4.34. The Morgan fingerprint density at radius 3 is 2.48 bits per heavy atom. The highest BCUT2D eigenvalue weighted by atomic mass is 32.2. The molecule has 10 heteroatoms. The molecule has 0 aliphatic carbocycles. The number of rotatable bonds is 12. The van der Waals surface area contributed by atoms with Crippen LogP contribution in [-0.4, -0.2) is 55.9 Å². The summed E-state index contributed by atoms with van der Waals surface area (Å²) in [6.07, 6.45) is 7.96. The molecule has 3 heterocycles. The Bertz CT molecular complexity index is 799. The van der Waals surface area contributed by atoms with E-state index in [1.54, 1.807) is 45.4 Å². The highest BCUT2D eigenvalue weighted by molar-refractivity contribution is 7.98. The van der Waals surface area contributed by atoms with Gasteiger partial charge in [-0.25, -0.2) is 23.9 Å². The van der Waals surface area contributed by atoms with Gasteiger partial charge < -0.3 is 9.32 Å². The average molecular weight is 437 g/mol. The van der Waals surface area contributed by atoms with Gasteiger partial charge >= 0.3 is 0 Å². The summed E-state index contributed by atoms with van der Waals surface area (Å²) in [6, 6.07) is 8.03. The normalized spacial score (nSPS) is 16.3. The number of thioether (sulfide) groups is 1. The number of furan rings is 1. The second kappa shape index (κ2) is 11.4. The molecule has 8 nitrogen and oxygen atoms in total. The van der Waals surface area contributed by atoms with Crippen LogP contribution in [0.25, 0.3) is 0 Å². The minimum absolute atomic E-state index is 0.697. The van der Waals surface area contributed by atoms with Crippen LogP contribution in [-0.2, 0) is 29.9 Å². The van der Waals surface area contributed by atoms with Gasteiger partial charge in [0.15, 0.2) is 0 Å². The minimum atomic E-state index is -1.31. The lowest BCUT2D eigenvalue weighted by molar-refractivity contribution is 0.344. The summed E-state index contributed by atoms with van der Waals surface area (Å²) in [5, 5.41) is 0. The van der Waals surface area contributed by atoms with Gasteiger partial charge in [-0.2, -0.15) is 11.8 Å². The Morgan fingerprint density at radius 1 is 1.07 bits per heavy atom. The maximum atomic E-state index is 12.5. The molecule has 2 aromatic rings. The van der Waals surface area contributed by atoms with E-state index >= 15 is 0 Å². The summed E-state index contributed by atoms with van der Waals surface area (Å²) < 4.78 is 21.5. The Morgan fingerprint density at radius 2 is 1.76 bits per heavy atom. The zero-order valence-corrected chi connectivity index (χ0v) is 18.4. The van der Waals surface area contributed by atoms with Crippen LogP contribution in [0, 0.1) is 0 Å². The molecule has 1 atom stereocenters. The first-order valence-electron chi connectivity index (χ1n) is 9.46. The van der Waals surface area contributed by atoms with Crippen LogP contribution >= 0.6 is 11.8 Å². The maximum Gasteiger partial charge on any atom is 0.254 e. The van der Waals surface area contributed by atoms with Crippen molar-refractivity contribution in [3.8, 4) is 0 Å². The molecule has 0 saturated heterocycles. The van der Waals surface area contributed by atoms with Crippen molar-refractivity contribution in [1.82, 2.24) is 29.6 Å². The van der Waals surface area contributed by atoms with Crippen LogP contribution in [0.3, 0.4) is 0 Å². The molecule has 0 amide bonds. The lowest BCUT2D eigenvalue weighted by Crippen LogP contribution is -2.43. The second-order valence-electron chi connectivity index (χ2n) is 6.76. The third-order valence-corrected chi connectivity index (χ3v) is 6.21. The zero-order valence-electron chi connectivity index (χ0n) is 16.8. The average Bonchev–Trinajstić information content (AvgIpc) is 3.29. The highest BCUT2D eigenvalue weighted by Gasteiger charge is 2.21. The minimum Gasteiger partial charge on any atom is -0.464 e. The van der Waals surface area contributed by atoms with Crippen molar-refractivity contribution >= 4 is 22.9 Å². The van der Waals surface area contributed by atoms with E-state index in [1.165, 1.54) is 5.56 Å². The molecule has 1 unspecified atom stereocenters. The predicted octanol–water partition coefficient (Wildman–Crippen LogP) is 1.89. The summed E-state index contributed by atoms with van der Waals surface area (Å²) in [5.74, 6) is 3.69. The Labute approximate surface area is 179 Å². The van der Waals surface area contributed by atoms with E-state index in [-0.39, 0.29) is 0 Å². The number of nitrogens with zero attached hydrogens (tertiary/aromatic N) is 4. The van der Waals surface area contributed by atoms with E-state index in [0.29, 0.717) is 6.54 Å². The quantitative estimate of drug-likeness (QED) is 0.492. The number of hydrogen-bond acceptors (Lipinski definition) is 7. The second-order valence-corrected chi connectivity index (χ2v) is 9.11. The van der Waals surface area contributed by atoms with Crippen LogP contribution in [0.4, 0.5) is 0 Å². The van der Waals surface area contributed by atoms with E-state index in [4.69, 9.17) is 4.42 Å². The van der Waals surface area contributed by atoms with Gasteiger partial charge in [-0.1, -0.05) is 0 Å². The smallest absolute Gasteiger partial charge is 0.254 e. The van der Waals surface area contributed by atoms with Gasteiger partial charge in [0, 0.05) is 31.2 Å². The topological polar surface area (TPSA) is 76.9 Å². The van der Waals surface area contributed by atoms with Crippen LogP contribution in [0.1, 0.15) is 17.1 Å². The molecule has 0 fully saturated rings. The molecule has 0 aromatic carbocycles. The molecule has 0 saturated carbocycles. The summed E-state index contributed by atoms with van der Waals surface area (Å²) >= 11 is 0.470. The lowest BCUT2D eigenvalue weighted by atomic mass is 10.2. The first-order valence-corrected chi connectivity index (χ1v) is 11.7. The van der Waals surface area contributed by atoms with Crippen molar-refractivity contribution < 1.29 is 8.63 Å². The fourth-order valence-electron chi connectivity index (χ4n) is 2.69. The monoisotopic (exact) mass is 436 g/mol. The molecule has 158 valence electrons. The summed E-state index contributed by atoms with van der Waals surface area (Å²) in [6.45, 7) is 2.23. The standard InChI is InChI=1S/C19H28N6O2S2/c1-23(2)15-18-3-4-19(27-18)16-28-14-11-22-25-13-12-24(29(25)26)21-10-7-17-5-8-20-9-6-17/h3-6,8-9,12-13,21-22H,7,10-11,14-16H2,1-2H3. The Balaban J connectivity index is 1.28. The summed E-state index contributed by atoms with van der Waals surface area (Å²) in [7, 11) is 4.05. The van der Waals surface area contributed by atoms with Crippen molar-refractivity contribution in [2.24, 2.45) is 0 Å². The van der Waals surface area contributed by atoms with Gasteiger partial charge in [0.1, 0.15) is 11.5 Å². The molecule has 29 heavy (non-hydrogen) atoms. The largest absolute Gasteiger partial charge is 0.464 e. The predicted molar refractivity (Wildman–Crippen MR) is 117 cm³/mol. The Kier molecular flexibility index (Phi) is 8.56. The summed E-state index contributed by atoms with van der Waals surface area (Å²) in [5.41, 5.74) is 7.55. The molecule has 0 spiro atoms. The van der Waals surface area contributed by atoms with Crippen molar-refractivity contribution in [3.05, 3.63) is 66.1 Å². The van der Waals surface area contributed by atoms with Crippen LogP contribution < -0.4 is 10.9 Å². The van der Waals surface area contributed by atoms with Gasteiger partial charge in [-0.05, 0) is 50.3 Å². The molecule has 2 aromatic heterocycles. The van der Waals surface area contributed by atoms with Crippen molar-refractivity contribution in [2.75, 3.05) is 32.9 Å². The van der Waals surface area contributed by atoms with Crippen molar-refractivity contribution in [2.45, 2.75) is 18.7 Å². The highest BCUT2D eigenvalue weighted by Crippen LogP contribution is 2.16. The van der Waals surface area contributed by atoms with Crippen molar-refractivity contribution in [1.29, 1.82) is 0 Å². The first kappa shape index (κ1) is 21.8. The maximum absolute atomic E-state index is 12.5. The number of hydrogen-bond donors (Lipinski definition) is 2. The Hall–Kier alpha value is -1.85. The van der Waals surface area contributed by atoms with E-state index in [1.807, 2.05) is 38.4 Å². The van der Waals surface area contributed by atoms with E-state index < -0.39 is 11.2 Å². The van der Waals surface area contributed by atoms with Crippen LogP contribution in [0.5, 0.6) is 0 Å². The van der Waals surface area contributed by atoms with Gasteiger partial charge in [0.2, 0.25) is 0 Å². The van der Waals surface area contributed by atoms with Crippen LogP contribution in [0.15, 0.2) is 53.5 Å². The number of pyridine rings is 1. The number of hydrazine groups is 2. The molecule has 0 bridgehead atoms. The molecule has 0 radical (unpaired) electrons. The number of nitrogens with one attached hydrogen (secondary N) is 2. The lowest BCUT2D eigenvalue weighted by Gasteiger charge is -2.20. The number of aromatic nitrogens is 1. The molecule has 2 N–H and O–H groups in total. The van der Waals surface area contributed by atoms with E-state index in [2.05, 4.69) is 20.7 Å². The zero-order chi connectivity index (χ0) is 20.5. The summed E-state index contributed by atoms with van der Waals surface area (Å²) in [4.78, 5) is 6.09. The van der Waals surface area contributed by atoms with Gasteiger partial charge in [-0.15, -0.1) is 0 Å². The van der Waals surface area contributed by atoms with E-state index in [9.17, 15) is 4.21 Å². The van der Waals surface area contributed by atoms with E-state index in [0.717, 1.165) is 42.5 Å². The SMILES string of the molecule is CN(C)Cc1ccc(CSCCNN2C=CN(NCCc3ccncc3)S2=O)o1. The molecule has 3 rings (SSSR count). The van der Waals surface area contributed by atoms with Gasteiger partial charge in [0.25, 0.3) is 11.2 Å². The third-order valence-electron chi connectivity index (χ3n) is 4.05. The molecular weight excluding hydrogens is 408 g/mol. The fraction of sp³-hybridized carbons (Fsp3) is 0.421. The van der Waals surface area contributed by atoms with Gasteiger partial charge in [0.05, 0.1) is 24.7 Å². The van der Waals surface area contributed by atoms with Crippen molar-refractivity contribution in [3.63, 3.8) is 0 Å². The molecule has 1 aliphatic rings. The first-order chi connectivity index (χ1) is 14.1. The molecular formula is C19H28N6O2S2. The third kappa shape index (κ3) is 7.16. The van der Waals surface area contributed by atoms with Crippen LogP contribution in [0.2, 0.25) is 0 Å². The molecule has 1 aliphatic heterocycles. The van der Waals surface area contributed by atoms with Gasteiger partial charge in [-0.3, -0.25) is 4.98 Å².